The van der Waals surface area contributed by atoms with Crippen molar-refractivity contribution < 1.29 is 23.5 Å². The second kappa shape index (κ2) is 11.4. The molecular formula is C27H32FN3O4. The van der Waals surface area contributed by atoms with Crippen molar-refractivity contribution >= 4 is 17.6 Å². The predicted molar refractivity (Wildman–Crippen MR) is 131 cm³/mol. The fraction of sp³-hybridized carbons (Fsp3) is 0.444. The van der Waals surface area contributed by atoms with E-state index in [2.05, 4.69) is 5.10 Å². The number of carbonyl (C=O) groups excluding carboxylic acids is 2. The number of halogens is 1. The molecule has 0 N–H and O–H groups in total. The maximum atomic E-state index is 13.6. The first-order chi connectivity index (χ1) is 17.0. The van der Waals surface area contributed by atoms with Crippen LogP contribution >= 0.6 is 0 Å². The smallest absolute Gasteiger partial charge is 0.323 e. The SMILES string of the molecule is CCOC(=O)C1CCCCN1CC(=O)N1N=C(c2ccc(F)cc2)CC1c1ccc(OCC)cc1. The predicted octanol–water partition coefficient (Wildman–Crippen LogP) is 4.32. The van der Waals surface area contributed by atoms with Gasteiger partial charge in [0.2, 0.25) is 0 Å². The van der Waals surface area contributed by atoms with Crippen molar-refractivity contribution in [2.45, 2.75) is 51.6 Å². The van der Waals surface area contributed by atoms with Crippen molar-refractivity contribution in [1.82, 2.24) is 9.91 Å². The Morgan fingerprint density at radius 1 is 1.03 bits per heavy atom. The Hall–Kier alpha value is -3.26. The fourth-order valence-corrected chi connectivity index (χ4v) is 4.70. The summed E-state index contributed by atoms with van der Waals surface area (Å²) in [6, 6.07) is 13.1. The monoisotopic (exact) mass is 481 g/mol. The lowest BCUT2D eigenvalue weighted by Gasteiger charge is -2.34. The van der Waals surface area contributed by atoms with Crippen LogP contribution in [0.3, 0.4) is 0 Å². The van der Waals surface area contributed by atoms with Crippen LogP contribution in [0, 0.1) is 5.82 Å². The van der Waals surface area contributed by atoms with Crippen LogP contribution < -0.4 is 4.74 Å². The minimum atomic E-state index is -0.417. The van der Waals surface area contributed by atoms with Gasteiger partial charge < -0.3 is 9.47 Å². The number of rotatable bonds is 8. The summed E-state index contributed by atoms with van der Waals surface area (Å²) in [5, 5.41) is 6.20. The molecule has 2 aromatic carbocycles. The zero-order valence-electron chi connectivity index (χ0n) is 20.3. The molecule has 186 valence electrons. The van der Waals surface area contributed by atoms with Gasteiger partial charge in [-0.2, -0.15) is 5.10 Å². The third kappa shape index (κ3) is 5.88. The average molecular weight is 482 g/mol. The summed E-state index contributed by atoms with van der Waals surface area (Å²) in [7, 11) is 0. The fourth-order valence-electron chi connectivity index (χ4n) is 4.70. The minimum absolute atomic E-state index is 0.0806. The van der Waals surface area contributed by atoms with Gasteiger partial charge in [0.1, 0.15) is 17.6 Å². The third-order valence-corrected chi connectivity index (χ3v) is 6.43. The van der Waals surface area contributed by atoms with E-state index < -0.39 is 6.04 Å². The average Bonchev–Trinajstić information content (AvgIpc) is 3.31. The van der Waals surface area contributed by atoms with Crippen molar-refractivity contribution in [3.8, 4) is 5.75 Å². The number of piperidine rings is 1. The van der Waals surface area contributed by atoms with Crippen LogP contribution in [0.4, 0.5) is 4.39 Å². The van der Waals surface area contributed by atoms with E-state index in [-0.39, 0.29) is 30.3 Å². The molecule has 1 fully saturated rings. The highest BCUT2D eigenvalue weighted by Crippen LogP contribution is 2.34. The topological polar surface area (TPSA) is 71.4 Å². The maximum Gasteiger partial charge on any atom is 0.323 e. The van der Waals surface area contributed by atoms with Gasteiger partial charge in [0.15, 0.2) is 0 Å². The van der Waals surface area contributed by atoms with Gasteiger partial charge in [0.05, 0.1) is 31.5 Å². The Morgan fingerprint density at radius 2 is 1.77 bits per heavy atom. The Morgan fingerprint density at radius 3 is 2.46 bits per heavy atom. The summed E-state index contributed by atoms with van der Waals surface area (Å²) in [4.78, 5) is 28.0. The number of hydrogen-bond acceptors (Lipinski definition) is 6. The van der Waals surface area contributed by atoms with Gasteiger partial charge in [-0.25, -0.2) is 9.40 Å². The van der Waals surface area contributed by atoms with E-state index in [4.69, 9.17) is 9.47 Å². The van der Waals surface area contributed by atoms with E-state index in [1.54, 1.807) is 19.1 Å². The number of carbonyl (C=O) groups is 2. The lowest BCUT2D eigenvalue weighted by Crippen LogP contribution is -2.49. The van der Waals surface area contributed by atoms with E-state index in [0.29, 0.717) is 32.6 Å². The standard InChI is InChI=1S/C27H32FN3O4/c1-3-34-22-14-10-20(11-15-22)25-17-23(19-8-12-21(28)13-9-19)29-31(25)26(32)18-30-16-6-5-7-24(30)27(33)35-4-2/h8-15,24-25H,3-7,16-18H2,1-2H3. The lowest BCUT2D eigenvalue weighted by molar-refractivity contribution is -0.152. The van der Waals surface area contributed by atoms with Crippen molar-refractivity contribution in [2.75, 3.05) is 26.3 Å². The molecule has 2 unspecified atom stereocenters. The minimum Gasteiger partial charge on any atom is -0.494 e. The molecule has 35 heavy (non-hydrogen) atoms. The molecule has 2 heterocycles. The lowest BCUT2D eigenvalue weighted by atomic mass is 9.98. The summed E-state index contributed by atoms with van der Waals surface area (Å²) in [6.07, 6.45) is 3.04. The third-order valence-electron chi connectivity index (χ3n) is 6.43. The number of nitrogens with zero attached hydrogens (tertiary/aromatic N) is 3. The second-order valence-corrected chi connectivity index (χ2v) is 8.75. The van der Waals surface area contributed by atoms with Gasteiger partial charge in [-0.1, -0.05) is 30.7 Å². The summed E-state index contributed by atoms with van der Waals surface area (Å²) < 4.78 is 24.3. The first kappa shape index (κ1) is 24.9. The number of amides is 1. The Balaban J connectivity index is 1.58. The molecule has 2 aromatic rings. The summed E-state index contributed by atoms with van der Waals surface area (Å²) in [6.45, 7) is 5.34. The molecule has 4 rings (SSSR count). The zero-order valence-corrected chi connectivity index (χ0v) is 20.3. The number of hydrazone groups is 1. The van der Waals surface area contributed by atoms with E-state index in [0.717, 1.165) is 35.4 Å². The van der Waals surface area contributed by atoms with Crippen molar-refractivity contribution in [3.63, 3.8) is 0 Å². The molecule has 0 saturated carbocycles. The van der Waals surface area contributed by atoms with Crippen molar-refractivity contribution in [2.24, 2.45) is 5.10 Å². The molecule has 8 heteroatoms. The van der Waals surface area contributed by atoms with Gasteiger partial charge in [-0.15, -0.1) is 0 Å². The number of hydrogen-bond donors (Lipinski definition) is 0. The van der Waals surface area contributed by atoms with Crippen molar-refractivity contribution in [1.29, 1.82) is 0 Å². The van der Waals surface area contributed by atoms with Crippen LogP contribution in [0.15, 0.2) is 53.6 Å². The van der Waals surface area contributed by atoms with Crippen molar-refractivity contribution in [3.05, 3.63) is 65.5 Å². The Kier molecular flexibility index (Phi) is 8.13. The molecule has 1 saturated heterocycles. The summed E-state index contributed by atoms with van der Waals surface area (Å²) >= 11 is 0. The van der Waals surface area contributed by atoms with Crippen LogP contribution in [-0.2, 0) is 14.3 Å². The van der Waals surface area contributed by atoms with Crippen LogP contribution in [0.2, 0.25) is 0 Å². The molecule has 2 atom stereocenters. The molecule has 2 aliphatic rings. The van der Waals surface area contributed by atoms with Crippen LogP contribution in [0.5, 0.6) is 5.75 Å². The number of esters is 1. The first-order valence-electron chi connectivity index (χ1n) is 12.3. The Labute approximate surface area is 205 Å². The zero-order chi connectivity index (χ0) is 24.8. The molecule has 0 radical (unpaired) electrons. The van der Waals surface area contributed by atoms with Gasteiger partial charge in [0.25, 0.3) is 5.91 Å². The molecule has 0 spiro atoms. The molecule has 7 nitrogen and oxygen atoms in total. The maximum absolute atomic E-state index is 13.6. The van der Waals surface area contributed by atoms with E-state index in [9.17, 15) is 14.0 Å². The highest BCUT2D eigenvalue weighted by Gasteiger charge is 2.37. The quantitative estimate of drug-likeness (QED) is 0.525. The van der Waals surface area contributed by atoms with Crippen LogP contribution in [-0.4, -0.2) is 59.8 Å². The number of benzene rings is 2. The number of ether oxygens (including phenoxy) is 2. The van der Waals surface area contributed by atoms with Gasteiger partial charge in [0, 0.05) is 6.42 Å². The molecule has 0 aromatic heterocycles. The van der Waals surface area contributed by atoms with E-state index >= 15 is 0 Å². The first-order valence-corrected chi connectivity index (χ1v) is 12.3. The van der Waals surface area contributed by atoms with Crippen LogP contribution in [0.1, 0.15) is 56.7 Å². The van der Waals surface area contributed by atoms with Gasteiger partial charge in [-0.3, -0.25) is 14.5 Å². The largest absolute Gasteiger partial charge is 0.494 e. The summed E-state index contributed by atoms with van der Waals surface area (Å²) in [5.41, 5.74) is 2.43. The molecule has 0 bridgehead atoms. The molecule has 0 aliphatic carbocycles. The second-order valence-electron chi connectivity index (χ2n) is 8.75. The van der Waals surface area contributed by atoms with E-state index in [1.807, 2.05) is 36.1 Å². The normalized spacial score (nSPS) is 20.4. The van der Waals surface area contributed by atoms with E-state index in [1.165, 1.54) is 17.1 Å². The highest BCUT2D eigenvalue weighted by molar-refractivity contribution is 6.03. The Bertz CT molecular complexity index is 1060. The highest BCUT2D eigenvalue weighted by atomic mass is 19.1. The van der Waals surface area contributed by atoms with Crippen LogP contribution in [0.25, 0.3) is 0 Å². The molecular weight excluding hydrogens is 449 g/mol. The summed E-state index contributed by atoms with van der Waals surface area (Å²) in [5.74, 6) is -0.0203. The van der Waals surface area contributed by atoms with Gasteiger partial charge >= 0.3 is 5.97 Å². The molecule has 1 amide bonds. The number of likely N-dealkylation sites (tertiary alicyclic amines) is 1. The van der Waals surface area contributed by atoms with Gasteiger partial charge in [-0.05, 0) is 68.6 Å². The molecule has 2 aliphatic heterocycles.